The molecule has 2 N–H and O–H groups in total. The zero-order valence-electron chi connectivity index (χ0n) is 17.2. The van der Waals surface area contributed by atoms with E-state index in [4.69, 9.17) is 9.47 Å². The molecule has 2 aromatic carbocycles. The first kappa shape index (κ1) is 21.7. The molecule has 162 valence electrons. The number of halogens is 2. The summed E-state index contributed by atoms with van der Waals surface area (Å²) in [6, 6.07) is 12.8. The van der Waals surface area contributed by atoms with Gasteiger partial charge in [-0.25, -0.2) is 0 Å². The maximum absolute atomic E-state index is 12.6. The van der Waals surface area contributed by atoms with Gasteiger partial charge in [-0.2, -0.15) is 8.78 Å². The van der Waals surface area contributed by atoms with Gasteiger partial charge in [-0.1, -0.05) is 24.3 Å². The van der Waals surface area contributed by atoms with E-state index in [0.29, 0.717) is 25.0 Å². The van der Waals surface area contributed by atoms with Crippen molar-refractivity contribution in [3.05, 3.63) is 53.6 Å². The van der Waals surface area contributed by atoms with Crippen molar-refractivity contribution in [2.75, 3.05) is 20.8 Å². The van der Waals surface area contributed by atoms with Crippen LogP contribution in [0.4, 0.5) is 8.78 Å². The van der Waals surface area contributed by atoms with Gasteiger partial charge in [-0.05, 0) is 42.5 Å². The molecule has 3 rings (SSSR count). The highest BCUT2D eigenvalue weighted by Crippen LogP contribution is 2.31. The van der Waals surface area contributed by atoms with Gasteiger partial charge in [0, 0.05) is 25.7 Å². The van der Waals surface area contributed by atoms with Gasteiger partial charge in [0.05, 0.1) is 13.7 Å². The van der Waals surface area contributed by atoms with Crippen LogP contribution >= 0.6 is 0 Å². The fraction of sp³-hybridized carbons (Fsp3) is 0.409. The Morgan fingerprint density at radius 1 is 1.07 bits per heavy atom. The van der Waals surface area contributed by atoms with Crippen LogP contribution in [0.3, 0.4) is 0 Å². The molecular weight excluding hydrogens is 392 g/mol. The van der Waals surface area contributed by atoms with E-state index in [2.05, 4.69) is 20.4 Å². The van der Waals surface area contributed by atoms with Crippen molar-refractivity contribution in [3.8, 4) is 17.2 Å². The lowest BCUT2D eigenvalue weighted by atomic mass is 10.2. The van der Waals surface area contributed by atoms with E-state index in [1.807, 2.05) is 24.3 Å². The zero-order chi connectivity index (χ0) is 21.3. The second-order valence-electron chi connectivity index (χ2n) is 7.01. The highest BCUT2D eigenvalue weighted by Gasteiger charge is 2.22. The highest BCUT2D eigenvalue weighted by molar-refractivity contribution is 5.79. The van der Waals surface area contributed by atoms with Crippen LogP contribution in [0.15, 0.2) is 47.5 Å². The minimum atomic E-state index is -2.92. The van der Waals surface area contributed by atoms with Crippen molar-refractivity contribution in [2.45, 2.75) is 32.5 Å². The molecule has 30 heavy (non-hydrogen) atoms. The van der Waals surface area contributed by atoms with Crippen LogP contribution in [0.1, 0.15) is 24.0 Å². The minimum Gasteiger partial charge on any atom is -0.493 e. The number of hydrogen-bond donors (Lipinski definition) is 2. The number of guanidine groups is 1. The molecule has 1 aliphatic rings. The third-order valence-corrected chi connectivity index (χ3v) is 4.72. The Balaban J connectivity index is 1.55. The molecule has 6 nitrogen and oxygen atoms in total. The van der Waals surface area contributed by atoms with Gasteiger partial charge in [-0.15, -0.1) is 0 Å². The molecule has 0 spiro atoms. The molecule has 0 saturated heterocycles. The topological polar surface area (TPSA) is 64.1 Å². The van der Waals surface area contributed by atoms with Crippen LogP contribution in [0.2, 0.25) is 0 Å². The van der Waals surface area contributed by atoms with Crippen LogP contribution in [-0.4, -0.2) is 33.3 Å². The van der Waals surface area contributed by atoms with Crippen LogP contribution in [0.5, 0.6) is 17.2 Å². The summed E-state index contributed by atoms with van der Waals surface area (Å²) in [4.78, 5) is 4.21. The number of ether oxygens (including phenoxy) is 3. The van der Waals surface area contributed by atoms with E-state index >= 15 is 0 Å². The van der Waals surface area contributed by atoms with Gasteiger partial charge in [0.2, 0.25) is 0 Å². The third kappa shape index (κ3) is 6.50. The first-order valence-corrected chi connectivity index (χ1v) is 9.86. The molecule has 2 aromatic rings. The Bertz CT molecular complexity index is 857. The predicted octanol–water partition coefficient (Wildman–Crippen LogP) is 3.95. The molecule has 0 bridgehead atoms. The average Bonchev–Trinajstić information content (AvgIpc) is 3.57. The Kier molecular flexibility index (Phi) is 7.70. The summed E-state index contributed by atoms with van der Waals surface area (Å²) in [5.74, 6) is 2.39. The SMILES string of the molecule is CN=C(NCc1ccc(OC)c(OC(F)F)c1)NCc1ccccc1OCC1CC1. The number of hydrogen-bond acceptors (Lipinski definition) is 4. The van der Waals surface area contributed by atoms with Crippen molar-refractivity contribution < 1.29 is 23.0 Å². The molecule has 0 radical (unpaired) electrons. The summed E-state index contributed by atoms with van der Waals surface area (Å²) >= 11 is 0. The highest BCUT2D eigenvalue weighted by atomic mass is 19.3. The van der Waals surface area contributed by atoms with Crippen molar-refractivity contribution in [2.24, 2.45) is 10.9 Å². The minimum absolute atomic E-state index is 0.00325. The number of nitrogens with zero attached hydrogens (tertiary/aromatic N) is 1. The van der Waals surface area contributed by atoms with Crippen molar-refractivity contribution >= 4 is 5.96 Å². The Morgan fingerprint density at radius 3 is 2.53 bits per heavy atom. The fourth-order valence-electron chi connectivity index (χ4n) is 2.89. The fourth-order valence-corrected chi connectivity index (χ4v) is 2.89. The summed E-state index contributed by atoms with van der Waals surface area (Å²) in [6.45, 7) is -1.24. The number of rotatable bonds is 10. The van der Waals surface area contributed by atoms with Crippen LogP contribution in [0, 0.1) is 5.92 Å². The van der Waals surface area contributed by atoms with E-state index in [0.717, 1.165) is 23.5 Å². The lowest BCUT2D eigenvalue weighted by Crippen LogP contribution is -2.36. The molecule has 0 heterocycles. The standard InChI is InChI=1S/C22H27F2N3O3/c1-25-22(26-12-16-9-10-19(28-2)20(11-16)30-21(23)24)27-13-17-5-3-4-6-18(17)29-14-15-7-8-15/h3-6,9-11,15,21H,7-8,12-14H2,1-2H3,(H2,25,26,27). The Hall–Kier alpha value is -3.03. The van der Waals surface area contributed by atoms with Gasteiger partial charge in [0.1, 0.15) is 5.75 Å². The second kappa shape index (κ2) is 10.7. The quantitative estimate of drug-likeness (QED) is 0.451. The smallest absolute Gasteiger partial charge is 0.387 e. The molecule has 0 aromatic heterocycles. The van der Waals surface area contributed by atoms with E-state index < -0.39 is 6.61 Å². The van der Waals surface area contributed by atoms with Crippen LogP contribution in [-0.2, 0) is 13.1 Å². The molecule has 0 unspecified atom stereocenters. The van der Waals surface area contributed by atoms with Gasteiger partial charge in [-0.3, -0.25) is 4.99 Å². The molecular formula is C22H27F2N3O3. The molecule has 1 aliphatic carbocycles. The van der Waals surface area contributed by atoms with E-state index in [1.54, 1.807) is 19.2 Å². The van der Waals surface area contributed by atoms with Crippen LogP contribution < -0.4 is 24.8 Å². The summed E-state index contributed by atoms with van der Waals surface area (Å²) in [7, 11) is 3.08. The molecule has 8 heteroatoms. The van der Waals surface area contributed by atoms with Crippen molar-refractivity contribution in [3.63, 3.8) is 0 Å². The molecule has 0 aliphatic heterocycles. The number of aliphatic imine (C=N–C) groups is 1. The first-order chi connectivity index (χ1) is 14.6. The maximum atomic E-state index is 12.6. The zero-order valence-corrected chi connectivity index (χ0v) is 17.2. The monoisotopic (exact) mass is 419 g/mol. The molecule has 1 saturated carbocycles. The number of nitrogens with one attached hydrogen (secondary N) is 2. The normalized spacial score (nSPS) is 13.8. The van der Waals surface area contributed by atoms with E-state index in [9.17, 15) is 8.78 Å². The summed E-state index contributed by atoms with van der Waals surface area (Å²) in [5, 5.41) is 6.42. The van der Waals surface area contributed by atoms with Crippen molar-refractivity contribution in [1.29, 1.82) is 0 Å². The third-order valence-electron chi connectivity index (χ3n) is 4.72. The number of methoxy groups -OCH3 is 1. The lowest BCUT2D eigenvalue weighted by molar-refractivity contribution is -0.0512. The summed E-state index contributed by atoms with van der Waals surface area (Å²) in [6.07, 6.45) is 2.48. The summed E-state index contributed by atoms with van der Waals surface area (Å²) in [5.41, 5.74) is 1.79. The Morgan fingerprint density at radius 2 is 1.83 bits per heavy atom. The molecule has 0 amide bonds. The first-order valence-electron chi connectivity index (χ1n) is 9.86. The van der Waals surface area contributed by atoms with Gasteiger partial charge < -0.3 is 24.8 Å². The van der Waals surface area contributed by atoms with Crippen molar-refractivity contribution in [1.82, 2.24) is 10.6 Å². The number of para-hydroxylation sites is 1. The predicted molar refractivity (Wildman–Crippen MR) is 111 cm³/mol. The second-order valence-corrected chi connectivity index (χ2v) is 7.01. The lowest BCUT2D eigenvalue weighted by Gasteiger charge is -2.16. The molecule has 0 atom stereocenters. The maximum Gasteiger partial charge on any atom is 0.387 e. The number of benzene rings is 2. The van der Waals surface area contributed by atoms with Gasteiger partial charge >= 0.3 is 6.61 Å². The van der Waals surface area contributed by atoms with E-state index in [1.165, 1.54) is 26.0 Å². The number of alkyl halides is 2. The molecule has 1 fully saturated rings. The van der Waals surface area contributed by atoms with E-state index in [-0.39, 0.29) is 11.5 Å². The Labute approximate surface area is 175 Å². The largest absolute Gasteiger partial charge is 0.493 e. The summed E-state index contributed by atoms with van der Waals surface area (Å²) < 4.78 is 40.7. The van der Waals surface area contributed by atoms with Crippen LogP contribution in [0.25, 0.3) is 0 Å². The van der Waals surface area contributed by atoms with Gasteiger partial charge in [0.15, 0.2) is 17.5 Å². The van der Waals surface area contributed by atoms with Gasteiger partial charge in [0.25, 0.3) is 0 Å². The average molecular weight is 419 g/mol.